The van der Waals surface area contributed by atoms with Gasteiger partial charge in [0, 0.05) is 21.8 Å². The van der Waals surface area contributed by atoms with Crippen LogP contribution < -0.4 is 0 Å². The Balaban J connectivity index is 3.49. The van der Waals surface area contributed by atoms with E-state index < -0.39 is 18.9 Å². The van der Waals surface area contributed by atoms with Gasteiger partial charge in [-0.3, -0.25) is 0 Å². The van der Waals surface area contributed by atoms with Crippen molar-refractivity contribution in [2.75, 3.05) is 6.26 Å². The summed E-state index contributed by atoms with van der Waals surface area (Å²) in [4.78, 5) is 0.241. The van der Waals surface area contributed by atoms with Gasteiger partial charge in [-0.25, -0.2) is 16.8 Å². The van der Waals surface area contributed by atoms with E-state index in [1.165, 1.54) is 6.92 Å². The van der Waals surface area contributed by atoms with Crippen LogP contribution >= 0.6 is 22.0 Å². The predicted octanol–water partition coefficient (Wildman–Crippen LogP) is 1.39. The van der Waals surface area contributed by atoms with Gasteiger partial charge in [0.05, 0.1) is 4.90 Å². The van der Waals surface area contributed by atoms with Gasteiger partial charge in [0.2, 0.25) is 0 Å². The lowest BCUT2D eigenvalue weighted by Gasteiger charge is -1.89. The molecule has 8 heteroatoms. The summed E-state index contributed by atoms with van der Waals surface area (Å²) < 4.78 is 44.1. The summed E-state index contributed by atoms with van der Waals surface area (Å²) in [6.45, 7) is 1.51. The summed E-state index contributed by atoms with van der Waals surface area (Å²) in [6, 6.07) is 1.08. The SMILES string of the molecule is Cc1sc(S(C)(=O)=O)cc1S(=O)(=O)Cl. The van der Waals surface area contributed by atoms with E-state index in [4.69, 9.17) is 10.7 Å². The highest BCUT2D eigenvalue weighted by Crippen LogP contribution is 2.30. The molecule has 0 saturated heterocycles. The summed E-state index contributed by atoms with van der Waals surface area (Å²) in [5, 5.41) is 0. The van der Waals surface area contributed by atoms with Crippen LogP contribution in [0.2, 0.25) is 0 Å². The Hall–Kier alpha value is -0.110. The van der Waals surface area contributed by atoms with Crippen LogP contribution in [0.4, 0.5) is 0 Å². The minimum atomic E-state index is -3.85. The molecule has 1 rings (SSSR count). The number of rotatable bonds is 2. The van der Waals surface area contributed by atoms with Gasteiger partial charge in [0.15, 0.2) is 9.84 Å². The molecule has 0 aliphatic rings. The van der Waals surface area contributed by atoms with Crippen LogP contribution in [0.25, 0.3) is 0 Å². The molecule has 0 unspecified atom stereocenters. The summed E-state index contributed by atoms with van der Waals surface area (Å²) in [7, 11) is -2.11. The lowest BCUT2D eigenvalue weighted by Crippen LogP contribution is -1.93. The van der Waals surface area contributed by atoms with Crippen molar-refractivity contribution in [3.63, 3.8) is 0 Å². The molecule has 14 heavy (non-hydrogen) atoms. The van der Waals surface area contributed by atoms with Crippen LogP contribution in [0.1, 0.15) is 4.88 Å². The number of thiophene rings is 1. The topological polar surface area (TPSA) is 68.3 Å². The van der Waals surface area contributed by atoms with Crippen LogP contribution in [-0.2, 0) is 18.9 Å². The Labute approximate surface area is 90.9 Å². The highest BCUT2D eigenvalue weighted by molar-refractivity contribution is 8.14. The molecule has 0 aliphatic carbocycles. The molecule has 0 fully saturated rings. The second kappa shape index (κ2) is 3.48. The number of hydrogen-bond acceptors (Lipinski definition) is 5. The van der Waals surface area contributed by atoms with Gasteiger partial charge < -0.3 is 0 Å². The molecule has 0 saturated carbocycles. The van der Waals surface area contributed by atoms with Crippen molar-refractivity contribution in [2.45, 2.75) is 16.0 Å². The van der Waals surface area contributed by atoms with Crippen molar-refractivity contribution >= 4 is 40.9 Å². The first kappa shape index (κ1) is 12.0. The van der Waals surface area contributed by atoms with E-state index in [2.05, 4.69) is 0 Å². The Bertz CT molecular complexity index is 552. The van der Waals surface area contributed by atoms with E-state index in [0.717, 1.165) is 23.7 Å². The minimum Gasteiger partial charge on any atom is -0.223 e. The molecular formula is C6H7ClO4S3. The van der Waals surface area contributed by atoms with E-state index in [9.17, 15) is 16.8 Å². The first-order valence-electron chi connectivity index (χ1n) is 3.37. The zero-order valence-electron chi connectivity index (χ0n) is 7.31. The van der Waals surface area contributed by atoms with Gasteiger partial charge in [-0.15, -0.1) is 11.3 Å². The smallest absolute Gasteiger partial charge is 0.223 e. The second-order valence-electron chi connectivity index (χ2n) is 2.70. The van der Waals surface area contributed by atoms with E-state index in [0.29, 0.717) is 4.88 Å². The first-order chi connectivity index (χ1) is 6.12. The highest BCUT2D eigenvalue weighted by Gasteiger charge is 2.21. The fraction of sp³-hybridized carbons (Fsp3) is 0.333. The van der Waals surface area contributed by atoms with E-state index >= 15 is 0 Å². The van der Waals surface area contributed by atoms with Crippen LogP contribution in [0, 0.1) is 6.92 Å². The summed E-state index contributed by atoms with van der Waals surface area (Å²) in [5.41, 5.74) is 0. The molecule has 0 radical (unpaired) electrons. The molecule has 1 heterocycles. The lowest BCUT2D eigenvalue weighted by molar-refractivity contribution is 0.603. The highest BCUT2D eigenvalue weighted by atomic mass is 35.7. The summed E-state index contributed by atoms with van der Waals surface area (Å²) in [5.74, 6) is 0. The molecule has 0 N–H and O–H groups in total. The van der Waals surface area contributed by atoms with Crippen molar-refractivity contribution in [3.05, 3.63) is 10.9 Å². The van der Waals surface area contributed by atoms with Crippen molar-refractivity contribution in [2.24, 2.45) is 0 Å². The van der Waals surface area contributed by atoms with Crippen LogP contribution in [0.15, 0.2) is 15.2 Å². The van der Waals surface area contributed by atoms with Crippen molar-refractivity contribution < 1.29 is 16.8 Å². The standard InChI is InChI=1S/C6H7ClO4S3/c1-4-5(14(7,10)11)3-6(12-4)13(2,8)9/h3H,1-2H3. The molecule has 0 aromatic carbocycles. The number of sulfone groups is 1. The lowest BCUT2D eigenvalue weighted by atomic mass is 10.5. The average molecular weight is 275 g/mol. The number of aryl methyl sites for hydroxylation is 1. The van der Waals surface area contributed by atoms with Crippen LogP contribution in [0.3, 0.4) is 0 Å². The molecule has 1 aromatic rings. The molecule has 4 nitrogen and oxygen atoms in total. The Morgan fingerprint density at radius 1 is 1.29 bits per heavy atom. The van der Waals surface area contributed by atoms with Gasteiger partial charge >= 0.3 is 0 Å². The summed E-state index contributed by atoms with van der Waals surface area (Å²) >= 11 is 0.897. The third-order valence-corrected chi connectivity index (χ3v) is 5.91. The van der Waals surface area contributed by atoms with E-state index in [-0.39, 0.29) is 9.10 Å². The average Bonchev–Trinajstić information content (AvgIpc) is 2.27. The monoisotopic (exact) mass is 274 g/mol. The Morgan fingerprint density at radius 2 is 1.79 bits per heavy atom. The van der Waals surface area contributed by atoms with Crippen molar-refractivity contribution in [1.29, 1.82) is 0 Å². The Kier molecular flexibility index (Phi) is 2.97. The molecule has 0 bridgehead atoms. The molecule has 0 spiro atoms. The molecular weight excluding hydrogens is 268 g/mol. The predicted molar refractivity (Wildman–Crippen MR) is 55.2 cm³/mol. The molecule has 80 valence electrons. The van der Waals surface area contributed by atoms with Gasteiger partial charge in [0.1, 0.15) is 4.21 Å². The minimum absolute atomic E-state index is 0.00854. The quantitative estimate of drug-likeness (QED) is 0.764. The molecule has 0 amide bonds. The third-order valence-electron chi connectivity index (χ3n) is 1.48. The summed E-state index contributed by atoms with van der Waals surface area (Å²) in [6.07, 6.45) is 1.02. The molecule has 0 atom stereocenters. The van der Waals surface area contributed by atoms with E-state index in [1.807, 2.05) is 0 Å². The second-order valence-corrected chi connectivity index (χ2v) is 8.73. The normalized spacial score (nSPS) is 13.1. The van der Waals surface area contributed by atoms with Crippen LogP contribution in [0.5, 0.6) is 0 Å². The van der Waals surface area contributed by atoms with Crippen LogP contribution in [-0.4, -0.2) is 23.1 Å². The van der Waals surface area contributed by atoms with Crippen molar-refractivity contribution in [1.82, 2.24) is 0 Å². The van der Waals surface area contributed by atoms with Gasteiger partial charge in [-0.05, 0) is 13.0 Å². The fourth-order valence-corrected chi connectivity index (χ4v) is 4.64. The van der Waals surface area contributed by atoms with Gasteiger partial charge in [-0.2, -0.15) is 0 Å². The van der Waals surface area contributed by atoms with Gasteiger partial charge in [-0.1, -0.05) is 0 Å². The maximum Gasteiger partial charge on any atom is 0.262 e. The largest absolute Gasteiger partial charge is 0.262 e. The zero-order chi connectivity index (χ0) is 11.1. The number of hydrogen-bond donors (Lipinski definition) is 0. The van der Waals surface area contributed by atoms with Gasteiger partial charge in [0.25, 0.3) is 9.05 Å². The van der Waals surface area contributed by atoms with Crippen molar-refractivity contribution in [3.8, 4) is 0 Å². The maximum atomic E-state index is 11.1. The number of halogens is 1. The van der Waals surface area contributed by atoms with E-state index in [1.54, 1.807) is 0 Å². The first-order valence-corrected chi connectivity index (χ1v) is 8.39. The third kappa shape index (κ3) is 2.47. The zero-order valence-corrected chi connectivity index (χ0v) is 10.5. The molecule has 1 aromatic heterocycles. The molecule has 0 aliphatic heterocycles. The Morgan fingerprint density at radius 3 is 2.00 bits per heavy atom. The maximum absolute atomic E-state index is 11.1. The fourth-order valence-electron chi connectivity index (χ4n) is 0.864.